The van der Waals surface area contributed by atoms with Crippen molar-refractivity contribution in [3.8, 4) is 0 Å². The largest absolute Gasteiger partial charge is 0.315 e. The molecule has 0 aliphatic carbocycles. The Morgan fingerprint density at radius 2 is 2.05 bits per heavy atom. The van der Waals surface area contributed by atoms with Crippen LogP contribution in [0.2, 0.25) is 0 Å². The molecule has 1 aliphatic rings. The average molecular weight is 372 g/mol. The van der Waals surface area contributed by atoms with Crippen LogP contribution in [0.15, 0.2) is 24.3 Å². The number of halogens is 1. The highest BCUT2D eigenvalue weighted by Gasteiger charge is 2.23. The normalized spacial score (nSPS) is 20.3. The van der Waals surface area contributed by atoms with Crippen LogP contribution in [0.1, 0.15) is 32.3 Å². The van der Waals surface area contributed by atoms with Gasteiger partial charge >= 0.3 is 0 Å². The number of rotatable bonds is 6. The van der Waals surface area contributed by atoms with Gasteiger partial charge in [0.1, 0.15) is 0 Å². The molecule has 19 heavy (non-hydrogen) atoms. The van der Waals surface area contributed by atoms with E-state index in [9.17, 15) is 0 Å². The third kappa shape index (κ3) is 5.04. The summed E-state index contributed by atoms with van der Waals surface area (Å²) in [6.07, 6.45) is 2.69. The first-order valence-electron chi connectivity index (χ1n) is 7.34. The van der Waals surface area contributed by atoms with Crippen LogP contribution < -0.4 is 5.32 Å². The minimum atomic E-state index is 0.720. The quantitative estimate of drug-likeness (QED) is 0.769. The van der Waals surface area contributed by atoms with Crippen molar-refractivity contribution in [1.82, 2.24) is 10.2 Å². The van der Waals surface area contributed by atoms with Gasteiger partial charge < -0.3 is 5.32 Å². The Balaban J connectivity index is 1.83. The number of nitrogens with zero attached hydrogens (tertiary/aromatic N) is 1. The number of likely N-dealkylation sites (tertiary alicyclic amines) is 1. The van der Waals surface area contributed by atoms with Crippen molar-refractivity contribution in [3.05, 3.63) is 33.4 Å². The highest BCUT2D eigenvalue weighted by atomic mass is 127. The molecule has 0 radical (unpaired) electrons. The fourth-order valence-electron chi connectivity index (χ4n) is 2.70. The molecule has 1 unspecified atom stereocenters. The van der Waals surface area contributed by atoms with Crippen LogP contribution in [-0.4, -0.2) is 30.6 Å². The summed E-state index contributed by atoms with van der Waals surface area (Å²) in [6, 6.07) is 9.66. The first-order valence-corrected chi connectivity index (χ1v) is 8.42. The Kier molecular flexibility index (Phi) is 6.10. The van der Waals surface area contributed by atoms with Gasteiger partial charge in [0, 0.05) is 22.7 Å². The molecule has 0 spiro atoms. The summed E-state index contributed by atoms with van der Waals surface area (Å²) in [5, 5.41) is 3.61. The first kappa shape index (κ1) is 15.3. The summed E-state index contributed by atoms with van der Waals surface area (Å²) in [7, 11) is 0. The van der Waals surface area contributed by atoms with Crippen molar-refractivity contribution in [2.24, 2.45) is 5.92 Å². The van der Waals surface area contributed by atoms with Gasteiger partial charge in [0.25, 0.3) is 0 Å². The molecule has 1 fully saturated rings. The van der Waals surface area contributed by atoms with Gasteiger partial charge in [-0.05, 0) is 72.1 Å². The predicted octanol–water partition coefficient (Wildman–Crippen LogP) is 3.50. The second-order valence-corrected chi connectivity index (χ2v) is 7.19. The van der Waals surface area contributed by atoms with Gasteiger partial charge in [-0.3, -0.25) is 4.90 Å². The zero-order valence-electron chi connectivity index (χ0n) is 12.0. The average Bonchev–Trinajstić information content (AvgIpc) is 2.79. The van der Waals surface area contributed by atoms with Crippen LogP contribution in [0.25, 0.3) is 0 Å². The van der Waals surface area contributed by atoms with Crippen LogP contribution in [0.5, 0.6) is 0 Å². The van der Waals surface area contributed by atoms with Crippen LogP contribution >= 0.6 is 22.6 Å². The van der Waals surface area contributed by atoms with Crippen LogP contribution in [0, 0.1) is 9.49 Å². The van der Waals surface area contributed by atoms with E-state index in [0.717, 1.165) is 31.6 Å². The maximum Gasteiger partial charge on any atom is 0.0237 e. The van der Waals surface area contributed by atoms with Gasteiger partial charge in [0.05, 0.1) is 0 Å². The van der Waals surface area contributed by atoms with E-state index >= 15 is 0 Å². The Morgan fingerprint density at radius 1 is 1.32 bits per heavy atom. The third-order valence-electron chi connectivity index (χ3n) is 3.73. The molecular formula is C16H25IN2. The lowest BCUT2D eigenvalue weighted by molar-refractivity contribution is 0.237. The van der Waals surface area contributed by atoms with E-state index in [1.165, 1.54) is 28.5 Å². The molecule has 1 heterocycles. The van der Waals surface area contributed by atoms with E-state index in [-0.39, 0.29) is 0 Å². The van der Waals surface area contributed by atoms with Gasteiger partial charge in [-0.15, -0.1) is 0 Å². The Morgan fingerprint density at radius 3 is 2.74 bits per heavy atom. The molecule has 1 atom stereocenters. The summed E-state index contributed by atoms with van der Waals surface area (Å²) in [5.74, 6) is 0.742. The predicted molar refractivity (Wildman–Crippen MR) is 90.3 cm³/mol. The number of hydrogen-bond donors (Lipinski definition) is 1. The van der Waals surface area contributed by atoms with E-state index in [2.05, 4.69) is 70.9 Å². The summed E-state index contributed by atoms with van der Waals surface area (Å²) < 4.78 is 1.32. The Hall–Kier alpha value is -0.130. The van der Waals surface area contributed by atoms with Crippen LogP contribution in [0.4, 0.5) is 0 Å². The molecule has 0 amide bonds. The maximum absolute atomic E-state index is 3.61. The van der Waals surface area contributed by atoms with E-state index < -0.39 is 0 Å². The van der Waals surface area contributed by atoms with Gasteiger partial charge in [-0.25, -0.2) is 0 Å². The minimum absolute atomic E-state index is 0.720. The molecule has 2 nitrogen and oxygen atoms in total. The number of nitrogens with one attached hydrogen (secondary N) is 1. The number of hydrogen-bond acceptors (Lipinski definition) is 2. The third-order valence-corrected chi connectivity index (χ3v) is 4.45. The van der Waals surface area contributed by atoms with Gasteiger partial charge in [-0.1, -0.05) is 26.0 Å². The first-order chi connectivity index (χ1) is 9.15. The van der Waals surface area contributed by atoms with Crippen LogP contribution in [-0.2, 0) is 6.54 Å². The molecule has 2 rings (SSSR count). The molecule has 0 bridgehead atoms. The molecule has 1 aromatic carbocycles. The second-order valence-electron chi connectivity index (χ2n) is 5.95. The second kappa shape index (κ2) is 7.60. The fraction of sp³-hybridized carbons (Fsp3) is 0.625. The van der Waals surface area contributed by atoms with Crippen molar-refractivity contribution < 1.29 is 0 Å². The summed E-state index contributed by atoms with van der Waals surface area (Å²) in [6.45, 7) is 9.16. The van der Waals surface area contributed by atoms with Gasteiger partial charge in [0.2, 0.25) is 0 Å². The van der Waals surface area contributed by atoms with Crippen molar-refractivity contribution in [1.29, 1.82) is 0 Å². The molecule has 1 aliphatic heterocycles. The monoisotopic (exact) mass is 372 g/mol. The van der Waals surface area contributed by atoms with E-state index in [0.29, 0.717) is 0 Å². The zero-order chi connectivity index (χ0) is 13.7. The molecule has 1 saturated heterocycles. The lowest BCUT2D eigenvalue weighted by Gasteiger charge is -2.25. The summed E-state index contributed by atoms with van der Waals surface area (Å²) in [4.78, 5) is 2.63. The smallest absolute Gasteiger partial charge is 0.0237 e. The topological polar surface area (TPSA) is 15.3 Å². The van der Waals surface area contributed by atoms with Crippen molar-refractivity contribution in [2.75, 3.05) is 19.6 Å². The van der Waals surface area contributed by atoms with Crippen molar-refractivity contribution >= 4 is 22.6 Å². The van der Waals surface area contributed by atoms with E-state index in [1.807, 2.05) is 0 Å². The Bertz CT molecular complexity index is 375. The molecular weight excluding hydrogens is 347 g/mol. The fourth-order valence-corrected chi connectivity index (χ4v) is 3.06. The standard InChI is InChI=1S/C16H25IN2/c1-13(2)10-18-11-16-4-3-9-19(16)12-14-5-7-15(17)8-6-14/h5-8,13,16,18H,3-4,9-12H2,1-2H3. The lowest BCUT2D eigenvalue weighted by Crippen LogP contribution is -2.38. The summed E-state index contributed by atoms with van der Waals surface area (Å²) >= 11 is 2.37. The van der Waals surface area contributed by atoms with E-state index in [4.69, 9.17) is 0 Å². The zero-order valence-corrected chi connectivity index (χ0v) is 14.2. The SMILES string of the molecule is CC(C)CNCC1CCCN1Cc1ccc(I)cc1. The van der Waals surface area contributed by atoms with Crippen molar-refractivity contribution in [3.63, 3.8) is 0 Å². The molecule has 1 aromatic rings. The van der Waals surface area contributed by atoms with Crippen molar-refractivity contribution in [2.45, 2.75) is 39.3 Å². The molecule has 106 valence electrons. The molecule has 3 heteroatoms. The molecule has 0 aromatic heterocycles. The Labute approximate surface area is 131 Å². The maximum atomic E-state index is 3.61. The summed E-state index contributed by atoms with van der Waals surface area (Å²) in [5.41, 5.74) is 1.44. The highest BCUT2D eigenvalue weighted by molar-refractivity contribution is 14.1. The molecule has 1 N–H and O–H groups in total. The minimum Gasteiger partial charge on any atom is -0.315 e. The van der Waals surface area contributed by atoms with Gasteiger partial charge in [0.15, 0.2) is 0 Å². The number of benzene rings is 1. The van der Waals surface area contributed by atoms with E-state index in [1.54, 1.807) is 0 Å². The highest BCUT2D eigenvalue weighted by Crippen LogP contribution is 2.20. The molecule has 0 saturated carbocycles. The van der Waals surface area contributed by atoms with Crippen LogP contribution in [0.3, 0.4) is 0 Å². The van der Waals surface area contributed by atoms with Gasteiger partial charge in [-0.2, -0.15) is 0 Å². The lowest BCUT2D eigenvalue weighted by atomic mass is 10.1.